The molecule has 0 saturated carbocycles. The fraction of sp³-hybridized carbons (Fsp3) is 0.400. The molecule has 0 bridgehead atoms. The highest BCUT2D eigenvalue weighted by Gasteiger charge is 2.43. The normalized spacial score (nSPS) is 11.6. The first-order chi connectivity index (χ1) is 19.3. The Morgan fingerprint density at radius 3 is 2.44 bits per heavy atom. The van der Waals surface area contributed by atoms with Crippen LogP contribution in [-0.4, -0.2) is 52.9 Å². The number of nitro benzene ring substituents is 1. The Bertz CT molecular complexity index is 1270. The monoisotopic (exact) mass is 583 g/mol. The summed E-state index contributed by atoms with van der Waals surface area (Å²) in [6.07, 6.45) is -3.34. The molecule has 1 aromatic heterocycles. The quantitative estimate of drug-likeness (QED) is 0.137. The van der Waals surface area contributed by atoms with Gasteiger partial charge in [0.25, 0.3) is 5.69 Å². The number of anilines is 1. The second-order valence-electron chi connectivity index (χ2n) is 8.83. The third-order valence-corrected chi connectivity index (χ3v) is 5.48. The van der Waals surface area contributed by atoms with E-state index in [1.807, 2.05) is 19.1 Å². The number of rotatable bonds is 13. The Kier molecular flexibility index (Phi) is 12.0. The molecule has 16 heteroatoms. The molecule has 0 aliphatic heterocycles. The topological polar surface area (TPSA) is 179 Å². The van der Waals surface area contributed by atoms with Gasteiger partial charge in [-0.2, -0.15) is 13.2 Å². The van der Waals surface area contributed by atoms with Crippen LogP contribution >= 0.6 is 0 Å². The largest absolute Gasteiger partial charge is 0.495 e. The molecule has 2 aromatic rings. The number of unbranched alkanes of at least 4 members (excludes halogenated alkanes) is 1. The zero-order valence-corrected chi connectivity index (χ0v) is 22.1. The molecule has 3 N–H and O–H groups in total. The maximum Gasteiger partial charge on any atom is 0.495 e. The van der Waals surface area contributed by atoms with E-state index >= 15 is 0 Å². The van der Waals surface area contributed by atoms with Gasteiger partial charge in [-0.25, -0.2) is 24.3 Å². The summed E-state index contributed by atoms with van der Waals surface area (Å²) in [5.74, 6) is -4.78. The first-order valence-corrected chi connectivity index (χ1v) is 12.2. The van der Waals surface area contributed by atoms with Crippen molar-refractivity contribution in [2.24, 2.45) is 0 Å². The SMILES string of the molecule is Cc1ccnc(NCCCCC(=O)NCC(=O)NC(CC(=O)OOC(=O)C(F)(F)F)c2ccc(C)c([N+](=O)[O-])c2)c1. The predicted molar refractivity (Wildman–Crippen MR) is 136 cm³/mol. The van der Waals surface area contributed by atoms with E-state index in [2.05, 4.69) is 30.7 Å². The van der Waals surface area contributed by atoms with Crippen LogP contribution in [0.15, 0.2) is 36.5 Å². The van der Waals surface area contributed by atoms with Crippen molar-refractivity contribution in [3.05, 3.63) is 63.3 Å². The maximum atomic E-state index is 12.5. The maximum absolute atomic E-state index is 12.5. The first kappa shape index (κ1) is 32.5. The van der Waals surface area contributed by atoms with Crippen LogP contribution in [0.25, 0.3) is 0 Å². The van der Waals surface area contributed by atoms with E-state index in [9.17, 15) is 42.5 Å². The number of pyridine rings is 1. The number of halogens is 3. The number of nitro groups is 1. The number of aryl methyl sites for hydroxylation is 2. The van der Waals surface area contributed by atoms with Crippen LogP contribution in [0.3, 0.4) is 0 Å². The molecule has 41 heavy (non-hydrogen) atoms. The average Bonchev–Trinajstić information content (AvgIpc) is 2.89. The summed E-state index contributed by atoms with van der Waals surface area (Å²) >= 11 is 0. The molecule has 1 unspecified atom stereocenters. The van der Waals surface area contributed by atoms with Crippen molar-refractivity contribution < 1.29 is 47.0 Å². The number of hydrogen-bond acceptors (Lipinski definition) is 10. The Labute approximate surface area is 231 Å². The van der Waals surface area contributed by atoms with Crippen LogP contribution in [-0.2, 0) is 29.0 Å². The van der Waals surface area contributed by atoms with Gasteiger partial charge in [-0.3, -0.25) is 19.7 Å². The number of aromatic nitrogens is 1. The first-order valence-electron chi connectivity index (χ1n) is 12.2. The van der Waals surface area contributed by atoms with Gasteiger partial charge in [0, 0.05) is 30.8 Å². The third-order valence-electron chi connectivity index (χ3n) is 5.48. The molecule has 13 nitrogen and oxygen atoms in total. The van der Waals surface area contributed by atoms with Crippen LogP contribution < -0.4 is 16.0 Å². The fourth-order valence-electron chi connectivity index (χ4n) is 3.40. The van der Waals surface area contributed by atoms with Crippen molar-refractivity contribution >= 4 is 35.3 Å². The fourth-order valence-corrected chi connectivity index (χ4v) is 3.40. The number of nitrogens with one attached hydrogen (secondary N) is 3. The Morgan fingerprint density at radius 1 is 1.05 bits per heavy atom. The molecule has 1 heterocycles. The summed E-state index contributed by atoms with van der Waals surface area (Å²) in [5.41, 5.74) is 1.00. The zero-order chi connectivity index (χ0) is 30.6. The van der Waals surface area contributed by atoms with E-state index in [1.54, 1.807) is 6.20 Å². The minimum Gasteiger partial charge on any atom is -0.370 e. The zero-order valence-electron chi connectivity index (χ0n) is 22.1. The second kappa shape index (κ2) is 15.1. The number of hydrogen-bond donors (Lipinski definition) is 3. The summed E-state index contributed by atoms with van der Waals surface area (Å²) < 4.78 is 36.8. The predicted octanol–water partition coefficient (Wildman–Crippen LogP) is 3.12. The van der Waals surface area contributed by atoms with Crippen LogP contribution in [0.1, 0.15) is 48.4 Å². The standard InChI is InChI=1S/C25H28F3N5O8/c1-15-8-10-30-20(11-15)29-9-4-3-5-21(34)31-14-22(35)32-18(13-23(36)40-41-24(37)25(26,27)28)17-7-6-16(2)19(12-17)33(38)39/h6-8,10-12,18H,3-5,9,13-14H2,1-2H3,(H,29,30)(H,31,34)(H,32,35). The van der Waals surface area contributed by atoms with Crippen molar-refractivity contribution in [1.82, 2.24) is 15.6 Å². The van der Waals surface area contributed by atoms with E-state index in [1.165, 1.54) is 19.1 Å². The lowest BCUT2D eigenvalue weighted by atomic mass is 10.0. The average molecular weight is 584 g/mol. The summed E-state index contributed by atoms with van der Waals surface area (Å²) in [6.45, 7) is 3.43. The number of amides is 2. The summed E-state index contributed by atoms with van der Waals surface area (Å²) in [7, 11) is 0. The summed E-state index contributed by atoms with van der Waals surface area (Å²) in [4.78, 5) is 69.6. The lowest BCUT2D eigenvalue weighted by Crippen LogP contribution is -2.39. The minimum atomic E-state index is -5.42. The van der Waals surface area contributed by atoms with Crippen molar-refractivity contribution in [2.45, 2.75) is 51.7 Å². The number of benzene rings is 1. The van der Waals surface area contributed by atoms with Crippen molar-refractivity contribution in [3.8, 4) is 0 Å². The highest BCUT2D eigenvalue weighted by Crippen LogP contribution is 2.26. The van der Waals surface area contributed by atoms with Gasteiger partial charge >= 0.3 is 18.1 Å². The van der Waals surface area contributed by atoms with E-state index < -0.39 is 53.9 Å². The highest BCUT2D eigenvalue weighted by atomic mass is 19.4. The van der Waals surface area contributed by atoms with E-state index in [0.29, 0.717) is 25.2 Å². The molecular formula is C25H28F3N5O8. The van der Waals surface area contributed by atoms with Crippen molar-refractivity contribution in [2.75, 3.05) is 18.4 Å². The lowest BCUT2D eigenvalue weighted by molar-refractivity contribution is -0.385. The summed E-state index contributed by atoms with van der Waals surface area (Å²) in [5, 5.41) is 19.2. The molecule has 0 saturated heterocycles. The van der Waals surface area contributed by atoms with Crippen LogP contribution in [0.5, 0.6) is 0 Å². The van der Waals surface area contributed by atoms with Crippen LogP contribution in [0, 0.1) is 24.0 Å². The Balaban J connectivity index is 1.91. The van der Waals surface area contributed by atoms with Gasteiger partial charge in [-0.15, -0.1) is 0 Å². The molecule has 0 aliphatic rings. The van der Waals surface area contributed by atoms with Gasteiger partial charge in [-0.1, -0.05) is 12.1 Å². The molecular weight excluding hydrogens is 555 g/mol. The molecule has 0 fully saturated rings. The van der Waals surface area contributed by atoms with Crippen LogP contribution in [0.4, 0.5) is 24.7 Å². The molecule has 2 rings (SSSR count). The number of nitrogens with zero attached hydrogens (tertiary/aromatic N) is 2. The molecule has 0 aliphatic carbocycles. The second-order valence-corrected chi connectivity index (χ2v) is 8.83. The molecule has 1 aromatic carbocycles. The number of carbonyl (C=O) groups excluding carboxylic acids is 4. The van der Waals surface area contributed by atoms with Gasteiger partial charge in [0.1, 0.15) is 5.82 Å². The van der Waals surface area contributed by atoms with Gasteiger partial charge in [0.2, 0.25) is 11.8 Å². The Morgan fingerprint density at radius 2 is 1.78 bits per heavy atom. The molecule has 1 atom stereocenters. The van der Waals surface area contributed by atoms with Crippen molar-refractivity contribution in [3.63, 3.8) is 0 Å². The minimum absolute atomic E-state index is 0.0386. The van der Waals surface area contributed by atoms with Gasteiger partial charge in [0.15, 0.2) is 0 Å². The smallest absolute Gasteiger partial charge is 0.370 e. The molecule has 0 radical (unpaired) electrons. The Hall–Kier alpha value is -4.76. The van der Waals surface area contributed by atoms with Gasteiger partial charge in [0.05, 0.1) is 23.9 Å². The van der Waals surface area contributed by atoms with Gasteiger partial charge in [-0.05, 0) is 49.9 Å². The number of carbonyl (C=O) groups is 4. The third kappa shape index (κ3) is 11.5. The van der Waals surface area contributed by atoms with Gasteiger partial charge < -0.3 is 16.0 Å². The molecule has 222 valence electrons. The van der Waals surface area contributed by atoms with Crippen LogP contribution in [0.2, 0.25) is 0 Å². The number of alkyl halides is 3. The molecule has 2 amide bonds. The van der Waals surface area contributed by atoms with E-state index in [-0.39, 0.29) is 23.2 Å². The molecule has 0 spiro atoms. The van der Waals surface area contributed by atoms with E-state index in [0.717, 1.165) is 11.6 Å². The summed E-state index contributed by atoms with van der Waals surface area (Å²) in [6, 6.07) is 6.15. The van der Waals surface area contributed by atoms with E-state index in [4.69, 9.17) is 0 Å². The highest BCUT2D eigenvalue weighted by molar-refractivity contribution is 5.85. The lowest BCUT2D eigenvalue weighted by Gasteiger charge is -2.19. The van der Waals surface area contributed by atoms with Crippen molar-refractivity contribution in [1.29, 1.82) is 0 Å².